The summed E-state index contributed by atoms with van der Waals surface area (Å²) in [6.07, 6.45) is 0. The van der Waals surface area contributed by atoms with E-state index in [9.17, 15) is 19.2 Å². The molecule has 0 aliphatic heterocycles. The highest BCUT2D eigenvalue weighted by molar-refractivity contribution is 7.99. The summed E-state index contributed by atoms with van der Waals surface area (Å²) in [5, 5.41) is 2.70. The molecule has 0 aliphatic rings. The van der Waals surface area contributed by atoms with Crippen LogP contribution < -0.4 is 27.9 Å². The molecule has 0 saturated carbocycles. The van der Waals surface area contributed by atoms with Gasteiger partial charge in [0.25, 0.3) is 11.1 Å². The van der Waals surface area contributed by atoms with Gasteiger partial charge < -0.3 is 16.0 Å². The smallest absolute Gasteiger partial charge is 0.334 e. The fourth-order valence-electron chi connectivity index (χ4n) is 2.26. The number of amides is 1. The zero-order valence-electron chi connectivity index (χ0n) is 13.8. The van der Waals surface area contributed by atoms with Crippen molar-refractivity contribution < 1.29 is 4.79 Å². The minimum Gasteiger partial charge on any atom is -0.383 e. The van der Waals surface area contributed by atoms with Crippen LogP contribution in [0.1, 0.15) is 0 Å². The first-order chi connectivity index (χ1) is 12.9. The summed E-state index contributed by atoms with van der Waals surface area (Å²) in [6.45, 7) is 0. The van der Waals surface area contributed by atoms with Crippen LogP contribution in [0, 0.1) is 0 Å². The van der Waals surface area contributed by atoms with Gasteiger partial charge in [-0.15, -0.1) is 0 Å². The lowest BCUT2D eigenvalue weighted by molar-refractivity contribution is -0.113. The van der Waals surface area contributed by atoms with Gasteiger partial charge >= 0.3 is 5.69 Å². The van der Waals surface area contributed by atoms with Gasteiger partial charge in [0.15, 0.2) is 5.16 Å². The topological polar surface area (TPSA) is 156 Å². The molecule has 0 radical (unpaired) electrons. The van der Waals surface area contributed by atoms with E-state index in [-0.39, 0.29) is 22.5 Å². The molecule has 0 spiro atoms. The zero-order chi connectivity index (χ0) is 19.4. The number of para-hydroxylation sites is 1. The summed E-state index contributed by atoms with van der Waals surface area (Å²) in [5.74, 6) is -0.564. The van der Waals surface area contributed by atoms with Crippen LogP contribution in [0.25, 0.3) is 5.69 Å². The minimum absolute atomic E-state index is 0.0228. The van der Waals surface area contributed by atoms with Gasteiger partial charge in [0.05, 0.1) is 11.4 Å². The van der Waals surface area contributed by atoms with Crippen LogP contribution in [-0.4, -0.2) is 31.2 Å². The fraction of sp³-hybridized carbons (Fsp3) is 0.0625. The van der Waals surface area contributed by atoms with Gasteiger partial charge in [-0.3, -0.25) is 19.4 Å². The highest BCUT2D eigenvalue weighted by Crippen LogP contribution is 2.14. The Bertz CT molecular complexity index is 1150. The van der Waals surface area contributed by atoms with Crippen molar-refractivity contribution in [3.8, 4) is 5.69 Å². The number of aromatic nitrogens is 4. The monoisotopic (exact) mass is 386 g/mol. The molecule has 2 aromatic heterocycles. The Morgan fingerprint density at radius 1 is 1.11 bits per heavy atom. The fourth-order valence-corrected chi connectivity index (χ4v) is 2.94. The number of hydrogen-bond donors (Lipinski definition) is 4. The van der Waals surface area contributed by atoms with Gasteiger partial charge in [-0.25, -0.2) is 14.3 Å². The quantitative estimate of drug-likeness (QED) is 0.353. The van der Waals surface area contributed by atoms with Crippen LogP contribution in [0.15, 0.2) is 62.0 Å². The Balaban J connectivity index is 1.82. The summed E-state index contributed by atoms with van der Waals surface area (Å²) in [4.78, 5) is 55.9. The van der Waals surface area contributed by atoms with Gasteiger partial charge in [-0.2, -0.15) is 0 Å². The highest BCUT2D eigenvalue weighted by atomic mass is 32.2. The molecule has 0 unspecified atom stereocenters. The number of benzene rings is 1. The van der Waals surface area contributed by atoms with Gasteiger partial charge in [-0.1, -0.05) is 30.0 Å². The van der Waals surface area contributed by atoms with Crippen LogP contribution in [0.3, 0.4) is 0 Å². The summed E-state index contributed by atoms with van der Waals surface area (Å²) in [7, 11) is 0. The number of nitrogen functional groups attached to an aromatic ring is 1. The molecule has 11 heteroatoms. The average Bonchev–Trinajstić information content (AvgIpc) is 2.59. The number of hydrogen-bond acceptors (Lipinski definition) is 7. The number of carbonyl (C=O) groups excluding carboxylic acids is 1. The van der Waals surface area contributed by atoms with Crippen molar-refractivity contribution in [1.82, 2.24) is 19.5 Å². The zero-order valence-corrected chi connectivity index (χ0v) is 14.6. The number of anilines is 2. The second-order valence-corrected chi connectivity index (χ2v) is 6.27. The number of aromatic amines is 2. The molecule has 0 aliphatic carbocycles. The molecule has 3 aromatic rings. The molecule has 27 heavy (non-hydrogen) atoms. The number of rotatable bonds is 5. The van der Waals surface area contributed by atoms with E-state index in [1.807, 2.05) is 0 Å². The van der Waals surface area contributed by atoms with Crippen molar-refractivity contribution in [2.45, 2.75) is 5.16 Å². The maximum Gasteiger partial charge on any atom is 0.334 e. The van der Waals surface area contributed by atoms with Gasteiger partial charge in [-0.05, 0) is 12.1 Å². The third-order valence-corrected chi connectivity index (χ3v) is 4.18. The van der Waals surface area contributed by atoms with Crippen molar-refractivity contribution >= 4 is 29.3 Å². The molecule has 1 aromatic carbocycles. The van der Waals surface area contributed by atoms with E-state index in [1.165, 1.54) is 4.57 Å². The Labute approximate surface area is 155 Å². The average molecular weight is 386 g/mol. The maximum atomic E-state index is 12.3. The Kier molecular flexibility index (Phi) is 5.22. The molecule has 0 bridgehead atoms. The molecule has 5 N–H and O–H groups in total. The van der Waals surface area contributed by atoms with Crippen LogP contribution in [0.2, 0.25) is 0 Å². The van der Waals surface area contributed by atoms with Gasteiger partial charge in [0, 0.05) is 12.1 Å². The molecule has 2 heterocycles. The van der Waals surface area contributed by atoms with Crippen molar-refractivity contribution in [1.29, 1.82) is 0 Å². The normalized spacial score (nSPS) is 10.5. The van der Waals surface area contributed by atoms with Crippen LogP contribution >= 0.6 is 11.8 Å². The third kappa shape index (κ3) is 4.52. The molecule has 0 atom stereocenters. The number of nitrogens with zero attached hydrogens (tertiary/aromatic N) is 2. The minimum atomic E-state index is -0.682. The van der Waals surface area contributed by atoms with E-state index < -0.39 is 22.7 Å². The first-order valence-corrected chi connectivity index (χ1v) is 8.62. The van der Waals surface area contributed by atoms with Crippen molar-refractivity contribution in [2.24, 2.45) is 0 Å². The lowest BCUT2D eigenvalue weighted by atomic mass is 10.3. The Morgan fingerprint density at radius 3 is 2.52 bits per heavy atom. The van der Waals surface area contributed by atoms with Gasteiger partial charge in [0.2, 0.25) is 5.91 Å². The van der Waals surface area contributed by atoms with Gasteiger partial charge in [0.1, 0.15) is 11.6 Å². The van der Waals surface area contributed by atoms with E-state index in [2.05, 4.69) is 20.3 Å². The van der Waals surface area contributed by atoms with Crippen LogP contribution in [-0.2, 0) is 4.79 Å². The Hall–Kier alpha value is -3.60. The summed E-state index contributed by atoms with van der Waals surface area (Å²) in [6, 6.07) is 10.8. The molecule has 138 valence electrons. The number of thioether (sulfide) groups is 1. The van der Waals surface area contributed by atoms with Crippen LogP contribution in [0.5, 0.6) is 0 Å². The largest absolute Gasteiger partial charge is 0.383 e. The first kappa shape index (κ1) is 18.2. The highest BCUT2D eigenvalue weighted by Gasteiger charge is 2.12. The molecular weight excluding hydrogens is 372 g/mol. The van der Waals surface area contributed by atoms with E-state index in [1.54, 1.807) is 30.3 Å². The van der Waals surface area contributed by atoms with Crippen molar-refractivity contribution in [3.05, 3.63) is 73.7 Å². The molecule has 10 nitrogen and oxygen atoms in total. The predicted molar refractivity (Wildman–Crippen MR) is 101 cm³/mol. The van der Waals surface area contributed by atoms with Crippen molar-refractivity contribution in [3.63, 3.8) is 0 Å². The maximum absolute atomic E-state index is 12.3. The van der Waals surface area contributed by atoms with E-state index in [0.29, 0.717) is 5.69 Å². The predicted octanol–water partition coefficient (Wildman–Crippen LogP) is -0.0779. The number of nitrogens with two attached hydrogens (primary N) is 1. The van der Waals surface area contributed by atoms with Crippen LogP contribution in [0.4, 0.5) is 11.6 Å². The summed E-state index contributed by atoms with van der Waals surface area (Å²) >= 11 is 0.954. The lowest BCUT2D eigenvalue weighted by Crippen LogP contribution is -2.32. The second-order valence-electron chi connectivity index (χ2n) is 5.31. The van der Waals surface area contributed by atoms with E-state index >= 15 is 0 Å². The molecule has 0 saturated heterocycles. The summed E-state index contributed by atoms with van der Waals surface area (Å²) in [5.41, 5.74) is 4.21. The molecule has 3 rings (SSSR count). The number of nitrogens with one attached hydrogen (secondary N) is 3. The standard InChI is InChI=1S/C16H14N6O4S/c17-10-6-12(23)20-15(18-10)27-8-14(25)19-11-7-13(24)21-16(26)22(11)9-4-2-1-3-5-9/h1-7H,8H2,(H,19,25)(H,21,24,26)(H3,17,18,20,23). The SMILES string of the molecule is Nc1cc(=O)[nH]c(SCC(=O)Nc2cc(=O)[nH]c(=O)n2-c2ccccc2)n1. The number of carbonyl (C=O) groups is 1. The summed E-state index contributed by atoms with van der Waals surface area (Å²) < 4.78 is 1.17. The van der Waals surface area contributed by atoms with E-state index in [0.717, 1.165) is 23.9 Å². The molecule has 0 fully saturated rings. The second kappa shape index (κ2) is 7.74. The lowest BCUT2D eigenvalue weighted by Gasteiger charge is -2.12. The molecular formula is C16H14N6O4S. The number of H-pyrrole nitrogens is 2. The third-order valence-electron chi connectivity index (χ3n) is 3.30. The van der Waals surface area contributed by atoms with Crippen molar-refractivity contribution in [2.75, 3.05) is 16.8 Å². The van der Waals surface area contributed by atoms with E-state index in [4.69, 9.17) is 5.73 Å². The first-order valence-electron chi connectivity index (χ1n) is 7.63. The Morgan fingerprint density at radius 2 is 1.81 bits per heavy atom. The molecule has 1 amide bonds.